The van der Waals surface area contributed by atoms with Crippen molar-refractivity contribution in [3.8, 4) is 0 Å². The molecular weight excluding hydrogens is 355 g/mol. The second-order valence-corrected chi connectivity index (χ2v) is 6.41. The number of carbonyl (C=O) groups excluding carboxylic acids is 2. The lowest BCUT2D eigenvalue weighted by Crippen LogP contribution is -2.52. The predicted molar refractivity (Wildman–Crippen MR) is 89.2 cm³/mol. The smallest absolute Gasteiger partial charge is 0.475 e. The fraction of sp³-hybridized carbons (Fsp3) is 0.812. The summed E-state index contributed by atoms with van der Waals surface area (Å²) in [4.78, 5) is 34.9. The number of likely N-dealkylation sites (tertiary alicyclic amines) is 1. The van der Waals surface area contributed by atoms with Gasteiger partial charge in [-0.2, -0.15) is 13.2 Å². The summed E-state index contributed by atoms with van der Waals surface area (Å²) >= 11 is 0. The molecular formula is C16H28F3N3O4. The van der Waals surface area contributed by atoms with Crippen molar-refractivity contribution in [3.63, 3.8) is 0 Å². The molecule has 7 nitrogen and oxygen atoms in total. The van der Waals surface area contributed by atoms with Crippen LogP contribution in [0.1, 0.15) is 46.5 Å². The zero-order valence-electron chi connectivity index (χ0n) is 15.3. The fourth-order valence-corrected chi connectivity index (χ4v) is 2.29. The summed E-state index contributed by atoms with van der Waals surface area (Å²) in [5.74, 6) is -2.79. The molecule has 0 aromatic heterocycles. The van der Waals surface area contributed by atoms with E-state index in [2.05, 4.69) is 12.2 Å². The van der Waals surface area contributed by atoms with Crippen molar-refractivity contribution >= 4 is 17.8 Å². The van der Waals surface area contributed by atoms with Crippen LogP contribution in [0.4, 0.5) is 13.2 Å². The van der Waals surface area contributed by atoms with Crippen LogP contribution >= 0.6 is 0 Å². The maximum Gasteiger partial charge on any atom is 0.490 e. The van der Waals surface area contributed by atoms with Crippen LogP contribution in [0.15, 0.2) is 0 Å². The lowest BCUT2D eigenvalue weighted by atomic mass is 10.0. The Morgan fingerprint density at radius 3 is 2.27 bits per heavy atom. The van der Waals surface area contributed by atoms with Crippen molar-refractivity contribution in [1.82, 2.24) is 10.2 Å². The summed E-state index contributed by atoms with van der Waals surface area (Å²) in [7, 11) is 0. The van der Waals surface area contributed by atoms with Crippen LogP contribution < -0.4 is 11.1 Å². The number of carboxylic acid groups (broad SMARTS) is 1. The zero-order chi connectivity index (χ0) is 20.5. The van der Waals surface area contributed by atoms with E-state index < -0.39 is 18.2 Å². The van der Waals surface area contributed by atoms with Gasteiger partial charge in [0.15, 0.2) is 0 Å². The Morgan fingerprint density at radius 1 is 1.31 bits per heavy atom. The van der Waals surface area contributed by atoms with E-state index >= 15 is 0 Å². The number of hydrogen-bond donors (Lipinski definition) is 3. The van der Waals surface area contributed by atoms with Gasteiger partial charge in [0.05, 0.1) is 6.04 Å². The summed E-state index contributed by atoms with van der Waals surface area (Å²) in [6, 6.07) is -0.835. The standard InChI is InChI=1S/C14H27N3O2.C2HF3O2/c1-4-5-8-16-13(18)11-7-6-9-17(11)14(19)12(15)10(2)3;3-2(4,5)1(6)7/h10-12H,4-9,15H2,1-3H3,(H,16,18);(H,6,7)/t11-,12-;/m0./s1. The average Bonchev–Trinajstić information content (AvgIpc) is 3.02. The minimum absolute atomic E-state index is 0.0322. The molecule has 26 heavy (non-hydrogen) atoms. The lowest BCUT2D eigenvalue weighted by Gasteiger charge is -2.28. The predicted octanol–water partition coefficient (Wildman–Crippen LogP) is 1.51. The molecule has 2 atom stereocenters. The first-order chi connectivity index (χ1) is 11.9. The first-order valence-corrected chi connectivity index (χ1v) is 8.57. The molecule has 152 valence electrons. The Balaban J connectivity index is 0.000000758. The van der Waals surface area contributed by atoms with Crippen molar-refractivity contribution in [3.05, 3.63) is 0 Å². The Labute approximate surface area is 151 Å². The first kappa shape index (κ1) is 24.2. The maximum absolute atomic E-state index is 12.3. The van der Waals surface area contributed by atoms with Crippen LogP contribution in [0.2, 0.25) is 0 Å². The number of nitrogens with zero attached hydrogens (tertiary/aromatic N) is 1. The molecule has 1 heterocycles. The van der Waals surface area contributed by atoms with Crippen LogP contribution in [-0.2, 0) is 14.4 Å². The van der Waals surface area contributed by atoms with Gasteiger partial charge >= 0.3 is 12.1 Å². The molecule has 1 rings (SSSR count). The normalized spacial score (nSPS) is 18.2. The van der Waals surface area contributed by atoms with Gasteiger partial charge < -0.3 is 21.1 Å². The number of hydrogen-bond acceptors (Lipinski definition) is 4. The van der Waals surface area contributed by atoms with E-state index in [0.717, 1.165) is 25.7 Å². The quantitative estimate of drug-likeness (QED) is 0.602. The van der Waals surface area contributed by atoms with Crippen LogP contribution in [0, 0.1) is 5.92 Å². The molecule has 0 bridgehead atoms. The Bertz CT molecular complexity index is 484. The van der Waals surface area contributed by atoms with Gasteiger partial charge in [-0.3, -0.25) is 9.59 Å². The summed E-state index contributed by atoms with van der Waals surface area (Å²) in [5.41, 5.74) is 5.90. The molecule has 10 heteroatoms. The second kappa shape index (κ2) is 11.0. The van der Waals surface area contributed by atoms with Gasteiger partial charge in [0, 0.05) is 13.1 Å². The number of nitrogens with one attached hydrogen (secondary N) is 1. The third kappa shape index (κ3) is 8.03. The molecule has 2 amide bonds. The van der Waals surface area contributed by atoms with E-state index in [9.17, 15) is 22.8 Å². The topological polar surface area (TPSA) is 113 Å². The average molecular weight is 383 g/mol. The lowest BCUT2D eigenvalue weighted by molar-refractivity contribution is -0.192. The number of aliphatic carboxylic acids is 1. The summed E-state index contributed by atoms with van der Waals surface area (Å²) in [5, 5.41) is 10.0. The number of alkyl halides is 3. The highest BCUT2D eigenvalue weighted by atomic mass is 19.4. The van der Waals surface area contributed by atoms with Crippen LogP contribution in [0.3, 0.4) is 0 Å². The van der Waals surface area contributed by atoms with E-state index in [0.29, 0.717) is 13.1 Å². The molecule has 4 N–H and O–H groups in total. The van der Waals surface area contributed by atoms with E-state index in [4.69, 9.17) is 15.6 Å². The highest BCUT2D eigenvalue weighted by Crippen LogP contribution is 2.19. The van der Waals surface area contributed by atoms with Crippen LogP contribution in [0.5, 0.6) is 0 Å². The summed E-state index contributed by atoms with van der Waals surface area (Å²) < 4.78 is 31.7. The van der Waals surface area contributed by atoms with Gasteiger partial charge in [0.2, 0.25) is 11.8 Å². The van der Waals surface area contributed by atoms with Crippen molar-refractivity contribution in [2.75, 3.05) is 13.1 Å². The van der Waals surface area contributed by atoms with E-state index in [1.165, 1.54) is 0 Å². The molecule has 0 spiro atoms. The molecule has 0 radical (unpaired) electrons. The Kier molecular flexibility index (Phi) is 10.2. The monoisotopic (exact) mass is 383 g/mol. The third-order valence-electron chi connectivity index (χ3n) is 3.91. The highest BCUT2D eigenvalue weighted by Gasteiger charge is 2.38. The van der Waals surface area contributed by atoms with Gasteiger partial charge in [0.1, 0.15) is 6.04 Å². The number of nitrogens with two attached hydrogens (primary N) is 1. The number of carboxylic acids is 1. The molecule has 1 saturated heterocycles. The zero-order valence-corrected chi connectivity index (χ0v) is 15.3. The Hall–Kier alpha value is -1.84. The van der Waals surface area contributed by atoms with Gasteiger partial charge in [0.25, 0.3) is 0 Å². The molecule has 0 aromatic carbocycles. The molecule has 1 aliphatic heterocycles. The van der Waals surface area contributed by atoms with Crippen LogP contribution in [-0.4, -0.2) is 59.1 Å². The van der Waals surface area contributed by atoms with Gasteiger partial charge in [-0.1, -0.05) is 27.2 Å². The molecule has 0 aromatic rings. The second-order valence-electron chi connectivity index (χ2n) is 6.41. The summed E-state index contributed by atoms with van der Waals surface area (Å²) in [6.45, 7) is 7.26. The van der Waals surface area contributed by atoms with Crippen LogP contribution in [0.25, 0.3) is 0 Å². The fourth-order valence-electron chi connectivity index (χ4n) is 2.29. The Morgan fingerprint density at radius 2 is 1.85 bits per heavy atom. The van der Waals surface area contributed by atoms with E-state index in [1.807, 2.05) is 13.8 Å². The maximum atomic E-state index is 12.3. The van der Waals surface area contributed by atoms with Gasteiger partial charge in [-0.05, 0) is 25.2 Å². The van der Waals surface area contributed by atoms with Crippen molar-refractivity contribution in [2.45, 2.75) is 64.7 Å². The number of carbonyl (C=O) groups is 3. The first-order valence-electron chi connectivity index (χ1n) is 8.57. The molecule has 0 saturated carbocycles. The van der Waals surface area contributed by atoms with Gasteiger partial charge in [-0.25, -0.2) is 4.79 Å². The van der Waals surface area contributed by atoms with Crippen molar-refractivity contribution < 1.29 is 32.7 Å². The third-order valence-corrected chi connectivity index (χ3v) is 3.91. The molecule has 0 unspecified atom stereocenters. The van der Waals surface area contributed by atoms with Crippen molar-refractivity contribution in [1.29, 1.82) is 0 Å². The van der Waals surface area contributed by atoms with Gasteiger partial charge in [-0.15, -0.1) is 0 Å². The minimum Gasteiger partial charge on any atom is -0.475 e. The summed E-state index contributed by atoms with van der Waals surface area (Å²) in [6.07, 6.45) is -1.44. The number of amides is 2. The van der Waals surface area contributed by atoms with E-state index in [-0.39, 0.29) is 23.8 Å². The molecule has 1 fully saturated rings. The van der Waals surface area contributed by atoms with E-state index in [1.54, 1.807) is 4.90 Å². The molecule has 0 aliphatic carbocycles. The number of rotatable bonds is 6. The SMILES string of the molecule is CCCCNC(=O)[C@@H]1CCCN1C(=O)[C@@H](N)C(C)C.O=C(O)C(F)(F)F. The number of unbranched alkanes of at least 4 members (excludes halogenated alkanes) is 1. The molecule has 1 aliphatic rings. The largest absolute Gasteiger partial charge is 0.490 e. The highest BCUT2D eigenvalue weighted by molar-refractivity contribution is 5.90. The van der Waals surface area contributed by atoms with Crippen molar-refractivity contribution in [2.24, 2.45) is 11.7 Å². The minimum atomic E-state index is -5.08. The number of halogens is 3.